The molecule has 1 aliphatic heterocycles. The van der Waals surface area contributed by atoms with E-state index >= 15 is 0 Å². The fraction of sp³-hybridized carbons (Fsp3) is 0.444. The number of nitrogens with one attached hydrogen (secondary N) is 1. The van der Waals surface area contributed by atoms with Gasteiger partial charge in [-0.3, -0.25) is 4.90 Å². The lowest BCUT2D eigenvalue weighted by atomic mass is 10.2. The van der Waals surface area contributed by atoms with E-state index in [0.29, 0.717) is 23.7 Å². The molecule has 0 unspecified atom stereocenters. The van der Waals surface area contributed by atoms with Crippen LogP contribution in [0.15, 0.2) is 35.0 Å². The Labute approximate surface area is 157 Å². The largest absolute Gasteiger partial charge is 0.379 e. The number of nitrogens with zero attached hydrogens (tertiary/aromatic N) is 6. The van der Waals surface area contributed by atoms with Gasteiger partial charge in [0.1, 0.15) is 0 Å². The SMILES string of the molecule is CN(CCN1CCOCC1)c1nc2nonc2nc1NCc1ccccc1. The Hall–Kier alpha value is -2.78. The summed E-state index contributed by atoms with van der Waals surface area (Å²) in [5.74, 6) is 1.41. The summed E-state index contributed by atoms with van der Waals surface area (Å²) in [6.07, 6.45) is 0. The van der Waals surface area contributed by atoms with Gasteiger partial charge in [-0.15, -0.1) is 0 Å². The first-order valence-corrected chi connectivity index (χ1v) is 9.09. The summed E-state index contributed by atoms with van der Waals surface area (Å²) in [7, 11) is 2.01. The lowest BCUT2D eigenvalue weighted by Crippen LogP contribution is -2.41. The first kappa shape index (κ1) is 17.6. The number of likely N-dealkylation sites (N-methyl/N-ethyl adjacent to an activating group) is 1. The van der Waals surface area contributed by atoms with Crippen LogP contribution in [0.4, 0.5) is 11.6 Å². The van der Waals surface area contributed by atoms with Gasteiger partial charge in [-0.2, -0.15) is 0 Å². The van der Waals surface area contributed by atoms with E-state index in [4.69, 9.17) is 9.37 Å². The Morgan fingerprint density at radius 3 is 2.59 bits per heavy atom. The molecule has 3 heterocycles. The summed E-state index contributed by atoms with van der Waals surface area (Å²) in [5.41, 5.74) is 1.98. The molecule has 1 fully saturated rings. The number of anilines is 2. The lowest BCUT2D eigenvalue weighted by molar-refractivity contribution is 0.0393. The molecule has 0 radical (unpaired) electrons. The summed E-state index contributed by atoms with van der Waals surface area (Å²) in [5, 5.41) is 11.0. The van der Waals surface area contributed by atoms with E-state index in [1.165, 1.54) is 5.56 Å². The molecular formula is C18H23N7O2. The van der Waals surface area contributed by atoms with E-state index in [1.807, 2.05) is 25.2 Å². The number of rotatable bonds is 7. The zero-order valence-corrected chi connectivity index (χ0v) is 15.3. The minimum atomic E-state index is 0.399. The molecule has 2 aromatic heterocycles. The van der Waals surface area contributed by atoms with E-state index in [-0.39, 0.29) is 0 Å². The van der Waals surface area contributed by atoms with Crippen LogP contribution in [0.2, 0.25) is 0 Å². The normalized spacial score (nSPS) is 15.1. The topological polar surface area (TPSA) is 92.4 Å². The van der Waals surface area contributed by atoms with Gasteiger partial charge in [0.2, 0.25) is 11.3 Å². The maximum atomic E-state index is 5.41. The number of morpholine rings is 1. The summed E-state index contributed by atoms with van der Waals surface area (Å²) < 4.78 is 10.2. The van der Waals surface area contributed by atoms with Crippen molar-refractivity contribution in [3.8, 4) is 0 Å². The third-order valence-corrected chi connectivity index (χ3v) is 4.62. The van der Waals surface area contributed by atoms with Gasteiger partial charge >= 0.3 is 0 Å². The van der Waals surface area contributed by atoms with Crippen molar-refractivity contribution in [3.05, 3.63) is 35.9 Å². The second kappa shape index (κ2) is 8.28. The third-order valence-electron chi connectivity index (χ3n) is 4.62. The third kappa shape index (κ3) is 4.32. The highest BCUT2D eigenvalue weighted by Crippen LogP contribution is 2.23. The molecule has 0 aliphatic carbocycles. The van der Waals surface area contributed by atoms with Crippen molar-refractivity contribution in [1.82, 2.24) is 25.2 Å². The Bertz CT molecular complexity index is 865. The number of hydrogen-bond acceptors (Lipinski definition) is 9. The predicted molar refractivity (Wildman–Crippen MR) is 102 cm³/mol. The van der Waals surface area contributed by atoms with E-state index in [1.54, 1.807) is 0 Å². The molecule has 142 valence electrons. The average Bonchev–Trinajstić information content (AvgIpc) is 3.19. The van der Waals surface area contributed by atoms with Gasteiger partial charge in [0, 0.05) is 39.8 Å². The molecule has 3 aromatic rings. The van der Waals surface area contributed by atoms with Crippen LogP contribution in [0.5, 0.6) is 0 Å². The van der Waals surface area contributed by atoms with Crippen molar-refractivity contribution in [1.29, 1.82) is 0 Å². The van der Waals surface area contributed by atoms with Crippen LogP contribution in [0.3, 0.4) is 0 Å². The van der Waals surface area contributed by atoms with Crippen LogP contribution >= 0.6 is 0 Å². The first-order chi connectivity index (χ1) is 13.3. The van der Waals surface area contributed by atoms with Gasteiger partial charge in [-0.25, -0.2) is 14.6 Å². The Balaban J connectivity index is 1.50. The van der Waals surface area contributed by atoms with Crippen molar-refractivity contribution in [2.24, 2.45) is 0 Å². The minimum Gasteiger partial charge on any atom is -0.379 e. The summed E-state index contributed by atoms with van der Waals surface area (Å²) in [6.45, 7) is 5.93. The number of benzene rings is 1. The van der Waals surface area contributed by atoms with Crippen molar-refractivity contribution in [3.63, 3.8) is 0 Å². The second-order valence-electron chi connectivity index (χ2n) is 6.52. The van der Waals surface area contributed by atoms with Crippen LogP contribution < -0.4 is 10.2 Å². The standard InChI is InChI=1S/C18H23N7O2/c1-24(7-8-25-9-11-26-12-10-25)18-17(19-13-14-5-3-2-4-6-14)20-15-16(21-18)23-27-22-15/h2-6H,7-13H2,1H3,(H,19,20,22). The van der Waals surface area contributed by atoms with Gasteiger partial charge in [0.25, 0.3) is 0 Å². The van der Waals surface area contributed by atoms with E-state index in [9.17, 15) is 0 Å². The van der Waals surface area contributed by atoms with Crippen molar-refractivity contribution in [2.45, 2.75) is 6.54 Å². The Morgan fingerprint density at radius 2 is 1.81 bits per heavy atom. The number of aromatic nitrogens is 4. The van der Waals surface area contributed by atoms with Gasteiger partial charge in [-0.1, -0.05) is 30.3 Å². The van der Waals surface area contributed by atoms with Crippen molar-refractivity contribution < 1.29 is 9.37 Å². The molecule has 1 aliphatic rings. The predicted octanol–water partition coefficient (Wildman–Crippen LogP) is 1.39. The lowest BCUT2D eigenvalue weighted by Gasteiger charge is -2.29. The molecule has 1 N–H and O–H groups in total. The molecule has 1 saturated heterocycles. The molecule has 9 nitrogen and oxygen atoms in total. The molecule has 0 bridgehead atoms. The molecule has 0 saturated carbocycles. The minimum absolute atomic E-state index is 0.399. The van der Waals surface area contributed by atoms with E-state index in [0.717, 1.165) is 45.2 Å². The molecular weight excluding hydrogens is 346 g/mol. The Morgan fingerprint density at radius 1 is 1.07 bits per heavy atom. The molecule has 0 spiro atoms. The van der Waals surface area contributed by atoms with Gasteiger partial charge in [0.05, 0.1) is 13.2 Å². The highest BCUT2D eigenvalue weighted by molar-refractivity contribution is 5.73. The molecule has 27 heavy (non-hydrogen) atoms. The zero-order valence-electron chi connectivity index (χ0n) is 15.3. The van der Waals surface area contributed by atoms with Crippen LogP contribution in [0, 0.1) is 0 Å². The van der Waals surface area contributed by atoms with Crippen LogP contribution in [0.1, 0.15) is 5.56 Å². The monoisotopic (exact) mass is 369 g/mol. The van der Waals surface area contributed by atoms with E-state index in [2.05, 4.69) is 47.5 Å². The zero-order chi connectivity index (χ0) is 18.5. The van der Waals surface area contributed by atoms with Gasteiger partial charge in [0.15, 0.2) is 11.6 Å². The number of fused-ring (bicyclic) bond motifs is 1. The van der Waals surface area contributed by atoms with Gasteiger partial charge < -0.3 is 15.0 Å². The van der Waals surface area contributed by atoms with E-state index < -0.39 is 0 Å². The van der Waals surface area contributed by atoms with Crippen LogP contribution in [-0.4, -0.2) is 71.6 Å². The van der Waals surface area contributed by atoms with Crippen LogP contribution in [0.25, 0.3) is 11.3 Å². The smallest absolute Gasteiger partial charge is 0.245 e. The van der Waals surface area contributed by atoms with Crippen molar-refractivity contribution in [2.75, 3.05) is 56.7 Å². The highest BCUT2D eigenvalue weighted by atomic mass is 16.6. The quantitative estimate of drug-likeness (QED) is 0.663. The average molecular weight is 369 g/mol. The second-order valence-corrected chi connectivity index (χ2v) is 6.52. The molecule has 0 amide bonds. The van der Waals surface area contributed by atoms with Crippen LogP contribution in [-0.2, 0) is 11.3 Å². The molecule has 1 aromatic carbocycles. The highest BCUT2D eigenvalue weighted by Gasteiger charge is 2.17. The Kier molecular flexibility index (Phi) is 5.40. The first-order valence-electron chi connectivity index (χ1n) is 9.09. The fourth-order valence-electron chi connectivity index (χ4n) is 3.02. The van der Waals surface area contributed by atoms with Crippen molar-refractivity contribution >= 4 is 22.9 Å². The molecule has 4 rings (SSSR count). The molecule has 0 atom stereocenters. The van der Waals surface area contributed by atoms with Gasteiger partial charge in [-0.05, 0) is 15.9 Å². The fourth-order valence-corrected chi connectivity index (χ4v) is 3.02. The molecule has 9 heteroatoms. The number of hydrogen-bond donors (Lipinski definition) is 1. The maximum absolute atomic E-state index is 5.41. The summed E-state index contributed by atoms with van der Waals surface area (Å²) in [4.78, 5) is 13.6. The summed E-state index contributed by atoms with van der Waals surface area (Å²) in [6, 6.07) is 10.2. The number of ether oxygens (including phenoxy) is 1. The maximum Gasteiger partial charge on any atom is 0.245 e. The summed E-state index contributed by atoms with van der Waals surface area (Å²) >= 11 is 0.